The Labute approximate surface area is 122 Å². The van der Waals surface area contributed by atoms with Crippen molar-refractivity contribution in [3.8, 4) is 0 Å². The fourth-order valence-corrected chi connectivity index (χ4v) is 2.51. The molecular weight excluding hydrogens is 278 g/mol. The van der Waals surface area contributed by atoms with Crippen molar-refractivity contribution in [3.05, 3.63) is 17.5 Å². The minimum absolute atomic E-state index is 0.133. The van der Waals surface area contributed by atoms with Gasteiger partial charge in [0, 0.05) is 17.4 Å². The zero-order chi connectivity index (χ0) is 15.3. The van der Waals surface area contributed by atoms with Gasteiger partial charge in [-0.15, -0.1) is 0 Å². The van der Waals surface area contributed by atoms with Gasteiger partial charge in [0.2, 0.25) is 5.91 Å². The first kappa shape index (κ1) is 16.4. The third-order valence-corrected chi connectivity index (χ3v) is 3.37. The van der Waals surface area contributed by atoms with E-state index in [1.165, 1.54) is 16.7 Å². The largest absolute Gasteiger partial charge is 0.480 e. The molecule has 1 aromatic heterocycles. The molecule has 1 rings (SSSR count). The first-order valence-electron chi connectivity index (χ1n) is 6.26. The summed E-state index contributed by atoms with van der Waals surface area (Å²) in [5.41, 5.74) is 1.69. The number of nitrogens with zero attached hydrogens (tertiary/aromatic N) is 3. The van der Waals surface area contributed by atoms with Crippen molar-refractivity contribution in [2.24, 2.45) is 0 Å². The lowest BCUT2D eigenvalue weighted by atomic mass is 10.3. The van der Waals surface area contributed by atoms with E-state index in [4.69, 9.17) is 5.11 Å². The quantitative estimate of drug-likeness (QED) is 0.633. The summed E-state index contributed by atoms with van der Waals surface area (Å²) in [5, 5.41) is 9.35. The number of carboxylic acids is 1. The Morgan fingerprint density at radius 2 is 1.85 bits per heavy atom. The lowest BCUT2D eigenvalue weighted by molar-refractivity contribution is -0.144. The Bertz CT molecular complexity index is 485. The molecule has 0 saturated carbocycles. The standard InChI is InChI=1S/C13H19N3O3S/c1-8(2)16(6-12(18)19)11(17)7-20-13-14-9(3)5-10(4)15-13/h5,8H,6-7H2,1-4H3,(H,18,19). The third kappa shape index (κ3) is 5.16. The van der Waals surface area contributed by atoms with Crippen molar-refractivity contribution in [1.29, 1.82) is 0 Å². The van der Waals surface area contributed by atoms with Crippen LogP contribution in [0.4, 0.5) is 0 Å². The first-order chi connectivity index (χ1) is 9.29. The fraction of sp³-hybridized carbons (Fsp3) is 0.538. The Morgan fingerprint density at radius 3 is 2.30 bits per heavy atom. The maximum absolute atomic E-state index is 12.0. The number of amides is 1. The molecule has 6 nitrogen and oxygen atoms in total. The summed E-state index contributed by atoms with van der Waals surface area (Å²) in [6, 6.07) is 1.70. The minimum atomic E-state index is -1.01. The van der Waals surface area contributed by atoms with E-state index in [1.54, 1.807) is 13.8 Å². The van der Waals surface area contributed by atoms with Crippen LogP contribution in [0, 0.1) is 13.8 Å². The van der Waals surface area contributed by atoms with Crippen molar-refractivity contribution in [2.45, 2.75) is 38.9 Å². The van der Waals surface area contributed by atoms with Gasteiger partial charge in [0.15, 0.2) is 5.16 Å². The molecule has 1 heterocycles. The van der Waals surface area contributed by atoms with E-state index >= 15 is 0 Å². The van der Waals surface area contributed by atoms with Crippen molar-refractivity contribution in [2.75, 3.05) is 12.3 Å². The fourth-order valence-electron chi connectivity index (χ4n) is 1.67. The van der Waals surface area contributed by atoms with E-state index in [0.29, 0.717) is 5.16 Å². The number of hydrogen-bond acceptors (Lipinski definition) is 5. The van der Waals surface area contributed by atoms with E-state index in [0.717, 1.165) is 11.4 Å². The second-order valence-electron chi connectivity index (χ2n) is 4.73. The molecule has 1 amide bonds. The average molecular weight is 297 g/mol. The molecule has 20 heavy (non-hydrogen) atoms. The van der Waals surface area contributed by atoms with Crippen molar-refractivity contribution in [1.82, 2.24) is 14.9 Å². The summed E-state index contributed by atoms with van der Waals surface area (Å²) in [5.74, 6) is -1.11. The second-order valence-corrected chi connectivity index (χ2v) is 5.67. The van der Waals surface area contributed by atoms with Crippen LogP contribution >= 0.6 is 11.8 Å². The highest BCUT2D eigenvalue weighted by Gasteiger charge is 2.20. The molecule has 1 N–H and O–H groups in total. The van der Waals surface area contributed by atoms with E-state index in [2.05, 4.69) is 9.97 Å². The van der Waals surface area contributed by atoms with Crippen LogP contribution in [0.15, 0.2) is 11.2 Å². The molecule has 0 unspecified atom stereocenters. The van der Waals surface area contributed by atoms with Crippen LogP contribution in [-0.4, -0.2) is 50.2 Å². The van der Waals surface area contributed by atoms with Gasteiger partial charge >= 0.3 is 5.97 Å². The van der Waals surface area contributed by atoms with Crippen LogP contribution in [0.25, 0.3) is 0 Å². The molecule has 0 bridgehead atoms. The minimum Gasteiger partial charge on any atom is -0.480 e. The normalized spacial score (nSPS) is 10.7. The molecule has 0 spiro atoms. The lowest BCUT2D eigenvalue weighted by Crippen LogP contribution is -2.41. The molecule has 0 radical (unpaired) electrons. The van der Waals surface area contributed by atoms with Crippen LogP contribution in [0.3, 0.4) is 0 Å². The molecule has 0 fully saturated rings. The zero-order valence-corrected chi connectivity index (χ0v) is 12.9. The number of aliphatic carboxylic acids is 1. The number of carbonyl (C=O) groups is 2. The highest BCUT2D eigenvalue weighted by molar-refractivity contribution is 7.99. The van der Waals surface area contributed by atoms with Gasteiger partial charge in [-0.1, -0.05) is 11.8 Å². The van der Waals surface area contributed by atoms with E-state index in [1.807, 2.05) is 19.9 Å². The van der Waals surface area contributed by atoms with Gasteiger partial charge < -0.3 is 10.0 Å². The zero-order valence-electron chi connectivity index (χ0n) is 12.1. The molecule has 7 heteroatoms. The van der Waals surface area contributed by atoms with Crippen LogP contribution in [0.2, 0.25) is 0 Å². The van der Waals surface area contributed by atoms with E-state index in [9.17, 15) is 9.59 Å². The Kier molecular flexibility index (Phi) is 5.94. The molecule has 0 aromatic carbocycles. The lowest BCUT2D eigenvalue weighted by Gasteiger charge is -2.24. The van der Waals surface area contributed by atoms with Gasteiger partial charge in [-0.25, -0.2) is 9.97 Å². The molecule has 110 valence electrons. The summed E-state index contributed by atoms with van der Waals surface area (Å²) >= 11 is 1.22. The maximum Gasteiger partial charge on any atom is 0.323 e. The van der Waals surface area contributed by atoms with Gasteiger partial charge in [0.1, 0.15) is 6.54 Å². The van der Waals surface area contributed by atoms with Gasteiger partial charge in [-0.05, 0) is 33.8 Å². The summed E-state index contributed by atoms with van der Waals surface area (Å²) in [4.78, 5) is 32.6. The number of rotatable bonds is 6. The average Bonchev–Trinajstić information content (AvgIpc) is 2.31. The van der Waals surface area contributed by atoms with Crippen molar-refractivity contribution in [3.63, 3.8) is 0 Å². The smallest absolute Gasteiger partial charge is 0.323 e. The van der Waals surface area contributed by atoms with Gasteiger partial charge in [0.25, 0.3) is 0 Å². The monoisotopic (exact) mass is 297 g/mol. The number of aryl methyl sites for hydroxylation is 2. The van der Waals surface area contributed by atoms with Crippen LogP contribution < -0.4 is 0 Å². The van der Waals surface area contributed by atoms with Crippen molar-refractivity contribution < 1.29 is 14.7 Å². The highest BCUT2D eigenvalue weighted by atomic mass is 32.2. The summed E-state index contributed by atoms with van der Waals surface area (Å²) < 4.78 is 0. The number of hydrogen-bond donors (Lipinski definition) is 1. The number of carboxylic acid groups (broad SMARTS) is 1. The molecule has 0 saturated heterocycles. The highest BCUT2D eigenvalue weighted by Crippen LogP contribution is 2.15. The molecule has 0 atom stereocenters. The second kappa shape index (κ2) is 7.23. The van der Waals surface area contributed by atoms with E-state index in [-0.39, 0.29) is 24.2 Å². The van der Waals surface area contributed by atoms with Gasteiger partial charge in [0.05, 0.1) is 5.75 Å². The van der Waals surface area contributed by atoms with E-state index < -0.39 is 5.97 Å². The topological polar surface area (TPSA) is 83.4 Å². The molecule has 1 aromatic rings. The molecular formula is C13H19N3O3S. The predicted octanol–water partition coefficient (Wildman–Crippen LogP) is 1.51. The molecule has 0 aliphatic heterocycles. The number of thioether (sulfide) groups is 1. The number of carbonyl (C=O) groups excluding carboxylic acids is 1. The van der Waals surface area contributed by atoms with Crippen LogP contribution in [-0.2, 0) is 9.59 Å². The SMILES string of the molecule is Cc1cc(C)nc(SCC(=O)N(CC(=O)O)C(C)C)n1. The molecule has 0 aliphatic rings. The number of aromatic nitrogens is 2. The summed E-state index contributed by atoms with van der Waals surface area (Å²) in [7, 11) is 0. The van der Waals surface area contributed by atoms with Gasteiger partial charge in [-0.2, -0.15) is 0 Å². The predicted molar refractivity (Wildman–Crippen MR) is 76.7 cm³/mol. The van der Waals surface area contributed by atoms with Crippen LogP contribution in [0.5, 0.6) is 0 Å². The van der Waals surface area contributed by atoms with Crippen molar-refractivity contribution >= 4 is 23.6 Å². The maximum atomic E-state index is 12.0. The summed E-state index contributed by atoms with van der Waals surface area (Å²) in [6.45, 7) is 7.03. The van der Waals surface area contributed by atoms with Gasteiger partial charge in [-0.3, -0.25) is 9.59 Å². The Balaban J connectivity index is 2.67. The Hall–Kier alpha value is -1.63. The Morgan fingerprint density at radius 1 is 1.30 bits per heavy atom. The third-order valence-electron chi connectivity index (χ3n) is 2.54. The summed E-state index contributed by atoms with van der Waals surface area (Å²) in [6.07, 6.45) is 0. The van der Waals surface area contributed by atoms with Crippen LogP contribution in [0.1, 0.15) is 25.2 Å². The molecule has 0 aliphatic carbocycles. The first-order valence-corrected chi connectivity index (χ1v) is 7.24.